The molecule has 0 unspecified atom stereocenters. The summed E-state index contributed by atoms with van der Waals surface area (Å²) in [6.45, 7) is 3.54. The standard InChI is InChI=1S/C8H7ClO/c1-2-6-4-3-5-7(10)8(6)9/h2-5,10H,1H2. The van der Waals surface area contributed by atoms with E-state index >= 15 is 0 Å². The number of phenols is 1. The summed E-state index contributed by atoms with van der Waals surface area (Å²) in [5, 5.41) is 9.41. The van der Waals surface area contributed by atoms with E-state index in [1.165, 1.54) is 6.07 Å². The summed E-state index contributed by atoms with van der Waals surface area (Å²) in [6.07, 6.45) is 1.60. The molecule has 52 valence electrons. The second-order valence-corrected chi connectivity index (χ2v) is 2.26. The van der Waals surface area contributed by atoms with Crippen molar-refractivity contribution in [3.63, 3.8) is 0 Å². The molecule has 1 aromatic carbocycles. The van der Waals surface area contributed by atoms with Crippen LogP contribution in [-0.4, -0.2) is 5.11 Å². The number of rotatable bonds is 1. The Morgan fingerprint density at radius 1 is 1.50 bits per heavy atom. The van der Waals surface area contributed by atoms with Gasteiger partial charge in [-0.25, -0.2) is 0 Å². The van der Waals surface area contributed by atoms with Crippen LogP contribution in [0.2, 0.25) is 5.02 Å². The van der Waals surface area contributed by atoms with Gasteiger partial charge in [-0.3, -0.25) is 0 Å². The van der Waals surface area contributed by atoms with Gasteiger partial charge >= 0.3 is 0 Å². The van der Waals surface area contributed by atoms with Gasteiger partial charge in [0.1, 0.15) is 5.75 Å². The molecule has 0 heterocycles. The van der Waals surface area contributed by atoms with Crippen molar-refractivity contribution < 1.29 is 5.11 Å². The molecule has 0 saturated carbocycles. The van der Waals surface area contributed by atoms with Gasteiger partial charge in [0.05, 0.1) is 5.02 Å². The van der Waals surface area contributed by atoms with Crippen LogP contribution in [0.4, 0.5) is 0 Å². The minimum absolute atomic E-state index is 0.0964. The van der Waals surface area contributed by atoms with Crippen LogP contribution in [0.5, 0.6) is 5.75 Å². The molecule has 0 atom stereocenters. The summed E-state index contributed by atoms with van der Waals surface area (Å²) in [6, 6.07) is 5.04. The molecule has 1 rings (SSSR count). The molecule has 0 spiro atoms. The lowest BCUT2D eigenvalue weighted by atomic mass is 10.2. The highest BCUT2D eigenvalue weighted by molar-refractivity contribution is 6.33. The van der Waals surface area contributed by atoms with Crippen LogP contribution in [0.25, 0.3) is 6.08 Å². The Balaban J connectivity index is 3.27. The van der Waals surface area contributed by atoms with Crippen molar-refractivity contribution in [3.8, 4) is 5.75 Å². The molecular formula is C8H7ClO. The number of hydrogen-bond acceptors (Lipinski definition) is 1. The number of benzene rings is 1. The van der Waals surface area contributed by atoms with E-state index in [1.54, 1.807) is 18.2 Å². The van der Waals surface area contributed by atoms with Gasteiger partial charge in [-0.1, -0.05) is 36.4 Å². The molecule has 0 saturated heterocycles. The molecule has 0 fully saturated rings. The van der Waals surface area contributed by atoms with Gasteiger partial charge < -0.3 is 5.11 Å². The van der Waals surface area contributed by atoms with Crippen LogP contribution in [-0.2, 0) is 0 Å². The van der Waals surface area contributed by atoms with Crippen LogP contribution in [0.1, 0.15) is 5.56 Å². The predicted octanol–water partition coefficient (Wildman–Crippen LogP) is 2.69. The highest BCUT2D eigenvalue weighted by Crippen LogP contribution is 2.26. The fourth-order valence-corrected chi connectivity index (χ4v) is 0.898. The summed E-state index contributed by atoms with van der Waals surface area (Å²) < 4.78 is 0. The van der Waals surface area contributed by atoms with Crippen LogP contribution < -0.4 is 0 Å². The van der Waals surface area contributed by atoms with Gasteiger partial charge in [0.2, 0.25) is 0 Å². The number of halogens is 1. The molecule has 10 heavy (non-hydrogen) atoms. The molecule has 1 N–H and O–H groups in total. The first-order valence-corrected chi connectivity index (χ1v) is 3.23. The summed E-state index contributed by atoms with van der Waals surface area (Å²) in [5.41, 5.74) is 0.752. The van der Waals surface area contributed by atoms with E-state index in [0.717, 1.165) is 5.56 Å². The average molecular weight is 155 g/mol. The lowest BCUT2D eigenvalue weighted by Crippen LogP contribution is -1.73. The maximum atomic E-state index is 9.05. The lowest BCUT2D eigenvalue weighted by molar-refractivity contribution is 0.475. The molecule has 0 aliphatic heterocycles. The summed E-state index contributed by atoms with van der Waals surface area (Å²) in [5.74, 6) is 0.0964. The van der Waals surface area contributed by atoms with E-state index in [4.69, 9.17) is 16.7 Å². The van der Waals surface area contributed by atoms with Crippen molar-refractivity contribution in [1.82, 2.24) is 0 Å². The Morgan fingerprint density at radius 3 is 2.70 bits per heavy atom. The van der Waals surface area contributed by atoms with Gasteiger partial charge in [-0.05, 0) is 11.6 Å². The van der Waals surface area contributed by atoms with Gasteiger partial charge in [0, 0.05) is 0 Å². The molecule has 2 heteroatoms. The Bertz CT molecular complexity index is 255. The number of aromatic hydroxyl groups is 1. The van der Waals surface area contributed by atoms with E-state index in [2.05, 4.69) is 6.58 Å². The monoisotopic (exact) mass is 154 g/mol. The SMILES string of the molecule is C=Cc1cccc(O)c1Cl. The number of phenolic OH excluding ortho intramolecular Hbond substituents is 1. The highest BCUT2D eigenvalue weighted by Gasteiger charge is 1.99. The van der Waals surface area contributed by atoms with Crippen molar-refractivity contribution in [3.05, 3.63) is 35.4 Å². The predicted molar refractivity (Wildman–Crippen MR) is 43.2 cm³/mol. The van der Waals surface area contributed by atoms with Crippen LogP contribution >= 0.6 is 11.6 Å². The third-order valence-corrected chi connectivity index (χ3v) is 1.64. The zero-order valence-corrected chi connectivity index (χ0v) is 6.10. The van der Waals surface area contributed by atoms with Crippen molar-refractivity contribution >= 4 is 17.7 Å². The fourth-order valence-electron chi connectivity index (χ4n) is 0.695. The molecule has 0 bridgehead atoms. The number of hydrogen-bond donors (Lipinski definition) is 1. The molecule has 0 aliphatic rings. The van der Waals surface area contributed by atoms with Crippen LogP contribution in [0.3, 0.4) is 0 Å². The summed E-state index contributed by atoms with van der Waals surface area (Å²) in [7, 11) is 0. The quantitative estimate of drug-likeness (QED) is 0.660. The third kappa shape index (κ3) is 1.14. The van der Waals surface area contributed by atoms with Crippen LogP contribution in [0, 0.1) is 0 Å². The molecule has 0 aliphatic carbocycles. The molecule has 0 radical (unpaired) electrons. The Kier molecular flexibility index (Phi) is 1.97. The lowest BCUT2D eigenvalue weighted by Gasteiger charge is -1.98. The first-order chi connectivity index (χ1) is 4.75. The molecule has 1 nitrogen and oxygen atoms in total. The van der Waals surface area contributed by atoms with Crippen molar-refractivity contribution in [2.45, 2.75) is 0 Å². The van der Waals surface area contributed by atoms with E-state index in [-0.39, 0.29) is 5.75 Å². The van der Waals surface area contributed by atoms with Gasteiger partial charge in [0.25, 0.3) is 0 Å². The fraction of sp³-hybridized carbons (Fsp3) is 0. The van der Waals surface area contributed by atoms with E-state index < -0.39 is 0 Å². The normalized spacial score (nSPS) is 9.30. The third-order valence-electron chi connectivity index (χ3n) is 1.23. The minimum atomic E-state index is 0.0964. The Labute approximate surface area is 64.6 Å². The van der Waals surface area contributed by atoms with Crippen molar-refractivity contribution in [2.75, 3.05) is 0 Å². The average Bonchev–Trinajstić information content (AvgIpc) is 1.95. The van der Waals surface area contributed by atoms with Crippen LogP contribution in [0.15, 0.2) is 24.8 Å². The second kappa shape index (κ2) is 2.76. The second-order valence-electron chi connectivity index (χ2n) is 1.88. The first-order valence-electron chi connectivity index (χ1n) is 2.85. The minimum Gasteiger partial charge on any atom is -0.506 e. The van der Waals surface area contributed by atoms with E-state index in [9.17, 15) is 0 Å². The smallest absolute Gasteiger partial charge is 0.134 e. The zero-order valence-electron chi connectivity index (χ0n) is 5.34. The molecular weight excluding hydrogens is 148 g/mol. The maximum absolute atomic E-state index is 9.05. The van der Waals surface area contributed by atoms with E-state index in [1.807, 2.05) is 0 Å². The first kappa shape index (κ1) is 7.16. The van der Waals surface area contributed by atoms with Crippen molar-refractivity contribution in [2.24, 2.45) is 0 Å². The van der Waals surface area contributed by atoms with Crippen molar-refractivity contribution in [1.29, 1.82) is 0 Å². The molecule has 0 aromatic heterocycles. The zero-order chi connectivity index (χ0) is 7.56. The van der Waals surface area contributed by atoms with Gasteiger partial charge in [0.15, 0.2) is 0 Å². The van der Waals surface area contributed by atoms with E-state index in [0.29, 0.717) is 5.02 Å². The topological polar surface area (TPSA) is 20.2 Å². The summed E-state index contributed by atoms with van der Waals surface area (Å²) >= 11 is 5.67. The Hall–Kier alpha value is -0.950. The Morgan fingerprint density at radius 2 is 2.20 bits per heavy atom. The highest BCUT2D eigenvalue weighted by atomic mass is 35.5. The van der Waals surface area contributed by atoms with Gasteiger partial charge in [-0.2, -0.15) is 0 Å². The molecule has 1 aromatic rings. The molecule has 0 amide bonds. The van der Waals surface area contributed by atoms with Gasteiger partial charge in [-0.15, -0.1) is 0 Å². The largest absolute Gasteiger partial charge is 0.506 e. The summed E-state index contributed by atoms with van der Waals surface area (Å²) in [4.78, 5) is 0. The maximum Gasteiger partial charge on any atom is 0.134 e.